The van der Waals surface area contributed by atoms with Gasteiger partial charge in [-0.15, -0.1) is 0 Å². The van der Waals surface area contributed by atoms with E-state index >= 15 is 0 Å². The predicted octanol–water partition coefficient (Wildman–Crippen LogP) is 3.26. The fourth-order valence-electron chi connectivity index (χ4n) is 2.03. The topological polar surface area (TPSA) is 33.1 Å². The maximum Gasteiger partial charge on any atom is 0.113 e. The summed E-state index contributed by atoms with van der Waals surface area (Å²) in [5.74, 6) is 0. The van der Waals surface area contributed by atoms with E-state index in [-0.39, 0.29) is 0 Å². The normalized spacial score (nSPS) is 14.3. The van der Waals surface area contributed by atoms with Gasteiger partial charge in [-0.05, 0) is 56.0 Å². The molecule has 1 heterocycles. The van der Waals surface area contributed by atoms with E-state index in [4.69, 9.17) is 0 Å². The van der Waals surface area contributed by atoms with Crippen molar-refractivity contribution in [3.63, 3.8) is 0 Å². The van der Waals surface area contributed by atoms with Gasteiger partial charge in [0, 0.05) is 18.0 Å². The molecule has 2 aromatic rings. The number of aryl methyl sites for hydroxylation is 3. The maximum atomic E-state index is 10.8. The Labute approximate surface area is 108 Å². The highest BCUT2D eigenvalue weighted by Crippen LogP contribution is 2.30. The Balaban J connectivity index is 2.50. The molecule has 0 aliphatic carbocycles. The molecule has 0 aliphatic heterocycles. The number of aromatic nitrogens is 1. The van der Waals surface area contributed by atoms with Crippen molar-refractivity contribution < 1.29 is 5.11 Å². The van der Waals surface area contributed by atoms with Crippen molar-refractivity contribution in [2.45, 2.75) is 33.3 Å². The highest BCUT2D eigenvalue weighted by atomic mass is 16.3. The molecule has 18 heavy (non-hydrogen) atoms. The second-order valence-electron chi connectivity index (χ2n) is 5.12. The Kier molecular flexibility index (Phi) is 3.22. The van der Waals surface area contributed by atoms with E-state index in [2.05, 4.69) is 18.8 Å². The molecule has 1 N–H and O–H groups in total. The van der Waals surface area contributed by atoms with Gasteiger partial charge in [-0.1, -0.05) is 18.2 Å². The van der Waals surface area contributed by atoms with E-state index in [1.807, 2.05) is 38.1 Å². The lowest BCUT2D eigenvalue weighted by Crippen LogP contribution is -2.23. The smallest absolute Gasteiger partial charge is 0.113 e. The van der Waals surface area contributed by atoms with Gasteiger partial charge in [-0.25, -0.2) is 0 Å². The zero-order valence-electron chi connectivity index (χ0n) is 11.4. The van der Waals surface area contributed by atoms with Crippen LogP contribution in [-0.4, -0.2) is 10.1 Å². The molecule has 1 aromatic carbocycles. The number of hydrogen-bond acceptors (Lipinski definition) is 2. The third kappa shape index (κ3) is 2.29. The van der Waals surface area contributed by atoms with Crippen molar-refractivity contribution in [2.75, 3.05) is 0 Å². The molecule has 0 saturated carbocycles. The van der Waals surface area contributed by atoms with Crippen LogP contribution in [0.15, 0.2) is 36.7 Å². The van der Waals surface area contributed by atoms with Gasteiger partial charge in [0.05, 0.1) is 0 Å². The second kappa shape index (κ2) is 4.54. The number of nitrogens with zero attached hydrogens (tertiary/aromatic N) is 1. The molecular weight excluding hydrogens is 222 g/mol. The lowest BCUT2D eigenvalue weighted by Gasteiger charge is -2.25. The minimum atomic E-state index is -1.00. The Hall–Kier alpha value is -1.67. The second-order valence-corrected chi connectivity index (χ2v) is 5.12. The van der Waals surface area contributed by atoms with Crippen molar-refractivity contribution in [1.82, 2.24) is 4.98 Å². The van der Waals surface area contributed by atoms with Crippen LogP contribution in [-0.2, 0) is 5.60 Å². The molecule has 0 radical (unpaired) electrons. The zero-order chi connectivity index (χ0) is 13.3. The number of pyridine rings is 1. The summed E-state index contributed by atoms with van der Waals surface area (Å²) in [6, 6.07) is 8.03. The van der Waals surface area contributed by atoms with Crippen molar-refractivity contribution in [1.29, 1.82) is 0 Å². The zero-order valence-corrected chi connectivity index (χ0v) is 11.4. The highest BCUT2D eigenvalue weighted by Gasteiger charge is 2.26. The number of rotatable bonds is 2. The van der Waals surface area contributed by atoms with Crippen LogP contribution in [0.4, 0.5) is 0 Å². The van der Waals surface area contributed by atoms with Crippen LogP contribution in [0.2, 0.25) is 0 Å². The van der Waals surface area contributed by atoms with Gasteiger partial charge in [-0.2, -0.15) is 0 Å². The van der Waals surface area contributed by atoms with Gasteiger partial charge < -0.3 is 5.11 Å². The SMILES string of the molecule is Cc1cncc(C(C)(O)c2ccc(C)c(C)c2)c1. The quantitative estimate of drug-likeness (QED) is 0.875. The Bertz CT molecular complexity index is 573. The van der Waals surface area contributed by atoms with Crippen molar-refractivity contribution in [3.8, 4) is 0 Å². The van der Waals surface area contributed by atoms with Gasteiger partial charge in [0.25, 0.3) is 0 Å². The first-order valence-electron chi connectivity index (χ1n) is 6.13. The van der Waals surface area contributed by atoms with Crippen LogP contribution in [0.3, 0.4) is 0 Å². The van der Waals surface area contributed by atoms with E-state index in [0.717, 1.165) is 16.7 Å². The fraction of sp³-hybridized carbons (Fsp3) is 0.312. The first-order valence-corrected chi connectivity index (χ1v) is 6.13. The summed E-state index contributed by atoms with van der Waals surface area (Å²) >= 11 is 0. The first-order chi connectivity index (χ1) is 8.41. The third-order valence-electron chi connectivity index (χ3n) is 3.51. The van der Waals surface area contributed by atoms with E-state index in [1.54, 1.807) is 12.4 Å². The lowest BCUT2D eigenvalue weighted by molar-refractivity contribution is 0.102. The Morgan fingerprint density at radius 2 is 1.67 bits per heavy atom. The molecule has 2 rings (SSSR count). The van der Waals surface area contributed by atoms with Crippen LogP contribution >= 0.6 is 0 Å². The molecule has 0 aliphatic rings. The molecule has 1 aromatic heterocycles. The van der Waals surface area contributed by atoms with Gasteiger partial charge in [-0.3, -0.25) is 4.98 Å². The van der Waals surface area contributed by atoms with Gasteiger partial charge >= 0.3 is 0 Å². The molecule has 0 saturated heterocycles. The largest absolute Gasteiger partial charge is 0.381 e. The minimum absolute atomic E-state index is 0.825. The molecule has 0 fully saturated rings. The first kappa shape index (κ1) is 12.8. The van der Waals surface area contributed by atoms with Crippen molar-refractivity contribution >= 4 is 0 Å². The molecular formula is C16H19NO. The summed E-state index contributed by atoms with van der Waals surface area (Å²) < 4.78 is 0. The van der Waals surface area contributed by atoms with E-state index < -0.39 is 5.60 Å². The van der Waals surface area contributed by atoms with Crippen LogP contribution in [0.1, 0.15) is 34.7 Å². The highest BCUT2D eigenvalue weighted by molar-refractivity contribution is 5.39. The number of hydrogen-bond donors (Lipinski definition) is 1. The average molecular weight is 241 g/mol. The Morgan fingerprint density at radius 1 is 0.944 bits per heavy atom. The van der Waals surface area contributed by atoms with Gasteiger partial charge in [0.2, 0.25) is 0 Å². The van der Waals surface area contributed by atoms with Crippen LogP contribution in [0, 0.1) is 20.8 Å². The van der Waals surface area contributed by atoms with E-state index in [1.165, 1.54) is 11.1 Å². The fourth-order valence-corrected chi connectivity index (χ4v) is 2.03. The summed E-state index contributed by atoms with van der Waals surface area (Å²) in [4.78, 5) is 4.16. The molecule has 0 bridgehead atoms. The molecule has 2 nitrogen and oxygen atoms in total. The molecule has 2 heteroatoms. The van der Waals surface area contributed by atoms with Crippen LogP contribution in [0.5, 0.6) is 0 Å². The molecule has 94 valence electrons. The average Bonchev–Trinajstić information content (AvgIpc) is 2.32. The summed E-state index contributed by atoms with van der Waals surface area (Å²) in [6.07, 6.45) is 3.52. The monoisotopic (exact) mass is 241 g/mol. The molecule has 0 amide bonds. The summed E-state index contributed by atoms with van der Waals surface area (Å²) in [5.41, 5.74) is 4.20. The standard InChI is InChI=1S/C16H19NO/c1-11-7-15(10-17-9-11)16(4,18)14-6-5-12(2)13(3)8-14/h5-10,18H,1-4H3. The molecule has 0 spiro atoms. The summed E-state index contributed by atoms with van der Waals surface area (Å²) in [6.45, 7) is 7.92. The molecule has 1 atom stereocenters. The van der Waals surface area contributed by atoms with Crippen molar-refractivity contribution in [3.05, 3.63) is 64.5 Å². The van der Waals surface area contributed by atoms with Crippen LogP contribution in [0.25, 0.3) is 0 Å². The molecule has 1 unspecified atom stereocenters. The summed E-state index contributed by atoms with van der Waals surface area (Å²) in [5, 5.41) is 10.8. The summed E-state index contributed by atoms with van der Waals surface area (Å²) in [7, 11) is 0. The number of benzene rings is 1. The van der Waals surface area contributed by atoms with Gasteiger partial charge in [0.15, 0.2) is 0 Å². The van der Waals surface area contributed by atoms with E-state index in [0.29, 0.717) is 0 Å². The predicted molar refractivity (Wildman–Crippen MR) is 73.6 cm³/mol. The van der Waals surface area contributed by atoms with Crippen molar-refractivity contribution in [2.24, 2.45) is 0 Å². The minimum Gasteiger partial charge on any atom is -0.381 e. The Morgan fingerprint density at radius 3 is 2.28 bits per heavy atom. The van der Waals surface area contributed by atoms with Gasteiger partial charge in [0.1, 0.15) is 5.60 Å². The maximum absolute atomic E-state index is 10.8. The number of aliphatic hydroxyl groups is 1. The van der Waals surface area contributed by atoms with Crippen LogP contribution < -0.4 is 0 Å². The lowest BCUT2D eigenvalue weighted by atomic mass is 9.87. The third-order valence-corrected chi connectivity index (χ3v) is 3.51. The van der Waals surface area contributed by atoms with E-state index in [9.17, 15) is 5.11 Å².